The predicted octanol–water partition coefficient (Wildman–Crippen LogP) is 3.28. The van der Waals surface area contributed by atoms with Gasteiger partial charge in [-0.2, -0.15) is 4.72 Å². The van der Waals surface area contributed by atoms with Crippen LogP contribution in [0, 0.1) is 0 Å². The first-order valence-corrected chi connectivity index (χ1v) is 12.3. The molecule has 34 heavy (non-hydrogen) atoms. The van der Waals surface area contributed by atoms with Crippen LogP contribution in [0.5, 0.6) is 17.2 Å². The Kier molecular flexibility index (Phi) is 7.26. The van der Waals surface area contributed by atoms with E-state index in [4.69, 9.17) is 25.8 Å². The van der Waals surface area contributed by atoms with Crippen LogP contribution in [0.1, 0.15) is 11.1 Å². The van der Waals surface area contributed by atoms with Gasteiger partial charge in [-0.25, -0.2) is 8.42 Å². The van der Waals surface area contributed by atoms with E-state index in [1.807, 2.05) is 36.4 Å². The van der Waals surface area contributed by atoms with E-state index in [-0.39, 0.29) is 29.7 Å². The van der Waals surface area contributed by atoms with Gasteiger partial charge in [-0.05, 0) is 47.9 Å². The molecule has 2 N–H and O–H groups in total. The van der Waals surface area contributed by atoms with Crippen molar-refractivity contribution in [2.75, 3.05) is 13.9 Å². The molecule has 0 radical (unpaired) electrons. The van der Waals surface area contributed by atoms with Gasteiger partial charge in [-0.3, -0.25) is 4.79 Å². The van der Waals surface area contributed by atoms with Gasteiger partial charge in [0.05, 0.1) is 17.0 Å². The zero-order chi connectivity index (χ0) is 24.1. The number of sulfonamides is 1. The van der Waals surface area contributed by atoms with Crippen LogP contribution in [0.4, 0.5) is 0 Å². The lowest BCUT2D eigenvalue weighted by molar-refractivity contribution is -0.122. The maximum absolute atomic E-state index is 13.1. The first-order chi connectivity index (χ1) is 16.4. The SMILES string of the molecule is COc1ccc(S(=O)(=O)N[C@@H](Cc2ccccc2)C(=O)NCc2ccc3c(c2)OCO3)cc1Cl. The maximum atomic E-state index is 13.1. The maximum Gasteiger partial charge on any atom is 0.241 e. The summed E-state index contributed by atoms with van der Waals surface area (Å²) in [6, 6.07) is 17.6. The van der Waals surface area contributed by atoms with Gasteiger partial charge >= 0.3 is 0 Å². The first-order valence-electron chi connectivity index (χ1n) is 10.4. The molecule has 4 rings (SSSR count). The summed E-state index contributed by atoms with van der Waals surface area (Å²) in [5.74, 6) is 1.13. The van der Waals surface area contributed by atoms with Crippen molar-refractivity contribution in [1.29, 1.82) is 0 Å². The number of carbonyl (C=O) groups is 1. The number of fused-ring (bicyclic) bond motifs is 1. The summed E-state index contributed by atoms with van der Waals surface area (Å²) in [6.07, 6.45) is 0.164. The summed E-state index contributed by atoms with van der Waals surface area (Å²) in [5.41, 5.74) is 1.60. The minimum atomic E-state index is -4.05. The lowest BCUT2D eigenvalue weighted by Gasteiger charge is -2.19. The molecule has 1 aliphatic heterocycles. The van der Waals surface area contributed by atoms with Crippen molar-refractivity contribution in [2.24, 2.45) is 0 Å². The molecule has 3 aromatic carbocycles. The largest absolute Gasteiger partial charge is 0.495 e. The number of ether oxygens (including phenoxy) is 3. The van der Waals surface area contributed by atoms with E-state index in [1.54, 1.807) is 12.1 Å². The molecule has 1 atom stereocenters. The van der Waals surface area contributed by atoms with E-state index in [9.17, 15) is 13.2 Å². The molecule has 8 nitrogen and oxygen atoms in total. The molecule has 0 aliphatic carbocycles. The molecule has 3 aromatic rings. The van der Waals surface area contributed by atoms with Crippen molar-refractivity contribution in [3.63, 3.8) is 0 Å². The summed E-state index contributed by atoms with van der Waals surface area (Å²) in [6.45, 7) is 0.346. The second kappa shape index (κ2) is 10.3. The zero-order valence-electron chi connectivity index (χ0n) is 18.3. The Hall–Kier alpha value is -3.27. The van der Waals surface area contributed by atoms with E-state index < -0.39 is 22.0 Å². The predicted molar refractivity (Wildman–Crippen MR) is 127 cm³/mol. The van der Waals surface area contributed by atoms with Crippen molar-refractivity contribution in [3.05, 3.63) is 82.9 Å². The molecule has 1 heterocycles. The second-order valence-electron chi connectivity index (χ2n) is 7.57. The van der Waals surface area contributed by atoms with Crippen LogP contribution in [-0.4, -0.2) is 34.3 Å². The van der Waals surface area contributed by atoms with Crippen LogP contribution >= 0.6 is 11.6 Å². The average Bonchev–Trinajstić information content (AvgIpc) is 3.30. The van der Waals surface area contributed by atoms with Gasteiger partial charge in [-0.1, -0.05) is 48.0 Å². The Morgan fingerprint density at radius 2 is 1.79 bits per heavy atom. The molecule has 0 spiro atoms. The Bertz CT molecular complexity index is 1280. The zero-order valence-corrected chi connectivity index (χ0v) is 19.9. The standard InChI is InChI=1S/C24H23ClN2O6S/c1-31-21-10-8-18(13-19(21)25)34(29,30)27-20(11-16-5-3-2-4-6-16)24(28)26-14-17-7-9-22-23(12-17)33-15-32-22/h2-10,12-13,20,27H,11,14-15H2,1H3,(H,26,28)/t20-/m0/s1. The number of methoxy groups -OCH3 is 1. The minimum absolute atomic E-state index is 0.0695. The van der Waals surface area contributed by atoms with E-state index in [2.05, 4.69) is 10.0 Å². The van der Waals surface area contributed by atoms with Gasteiger partial charge in [0.25, 0.3) is 0 Å². The third-order valence-corrected chi connectivity index (χ3v) is 7.00. The van der Waals surface area contributed by atoms with E-state index in [0.717, 1.165) is 11.1 Å². The molecule has 0 saturated heterocycles. The summed E-state index contributed by atoms with van der Waals surface area (Å²) in [4.78, 5) is 13.0. The molecule has 0 aromatic heterocycles. The number of nitrogens with one attached hydrogen (secondary N) is 2. The normalized spacial score (nSPS) is 13.4. The molecule has 0 fully saturated rings. The van der Waals surface area contributed by atoms with E-state index in [0.29, 0.717) is 17.2 Å². The van der Waals surface area contributed by atoms with Crippen LogP contribution < -0.4 is 24.2 Å². The number of rotatable bonds is 9. The van der Waals surface area contributed by atoms with Crippen LogP contribution in [0.25, 0.3) is 0 Å². The second-order valence-corrected chi connectivity index (χ2v) is 9.69. The van der Waals surface area contributed by atoms with Gasteiger partial charge in [0.15, 0.2) is 11.5 Å². The van der Waals surface area contributed by atoms with Crippen LogP contribution in [0.3, 0.4) is 0 Å². The van der Waals surface area contributed by atoms with Crippen LogP contribution in [-0.2, 0) is 27.8 Å². The molecular formula is C24H23ClN2O6S. The Morgan fingerprint density at radius 1 is 1.03 bits per heavy atom. The van der Waals surface area contributed by atoms with Crippen molar-refractivity contribution >= 4 is 27.5 Å². The highest BCUT2D eigenvalue weighted by Crippen LogP contribution is 2.32. The lowest BCUT2D eigenvalue weighted by Crippen LogP contribution is -2.47. The number of halogens is 1. The summed E-state index contributed by atoms with van der Waals surface area (Å²) >= 11 is 6.11. The molecule has 1 amide bonds. The van der Waals surface area contributed by atoms with Gasteiger partial charge in [0, 0.05) is 6.54 Å². The lowest BCUT2D eigenvalue weighted by atomic mass is 10.1. The fourth-order valence-corrected chi connectivity index (χ4v) is 5.01. The monoisotopic (exact) mass is 502 g/mol. The number of carbonyl (C=O) groups excluding carboxylic acids is 1. The fourth-order valence-electron chi connectivity index (χ4n) is 3.47. The van der Waals surface area contributed by atoms with Crippen LogP contribution in [0.2, 0.25) is 5.02 Å². The van der Waals surface area contributed by atoms with Crippen molar-refractivity contribution in [2.45, 2.75) is 23.9 Å². The van der Waals surface area contributed by atoms with E-state index in [1.165, 1.54) is 25.3 Å². The fraction of sp³-hybridized carbons (Fsp3) is 0.208. The topological polar surface area (TPSA) is 103 Å². The number of benzene rings is 3. The third kappa shape index (κ3) is 5.61. The van der Waals surface area contributed by atoms with Gasteiger partial charge in [0.1, 0.15) is 11.8 Å². The summed E-state index contributed by atoms with van der Waals surface area (Å²) in [7, 11) is -2.61. The highest BCUT2D eigenvalue weighted by Gasteiger charge is 2.27. The average molecular weight is 503 g/mol. The van der Waals surface area contributed by atoms with Crippen molar-refractivity contribution in [1.82, 2.24) is 10.0 Å². The van der Waals surface area contributed by atoms with Gasteiger partial charge in [-0.15, -0.1) is 0 Å². The highest BCUT2D eigenvalue weighted by atomic mass is 35.5. The summed E-state index contributed by atoms with van der Waals surface area (Å²) in [5, 5.41) is 2.96. The molecule has 178 valence electrons. The quantitative estimate of drug-likeness (QED) is 0.465. The van der Waals surface area contributed by atoms with Crippen molar-refractivity contribution in [3.8, 4) is 17.2 Å². The van der Waals surface area contributed by atoms with Crippen LogP contribution in [0.15, 0.2) is 71.6 Å². The number of hydrogen-bond donors (Lipinski definition) is 2. The number of hydrogen-bond acceptors (Lipinski definition) is 6. The molecule has 10 heteroatoms. The molecule has 0 bridgehead atoms. The van der Waals surface area contributed by atoms with E-state index >= 15 is 0 Å². The third-order valence-electron chi connectivity index (χ3n) is 5.23. The Labute approximate surface area is 202 Å². The number of amides is 1. The van der Waals surface area contributed by atoms with Gasteiger partial charge in [0.2, 0.25) is 22.7 Å². The molecule has 0 unspecified atom stereocenters. The molecule has 1 aliphatic rings. The van der Waals surface area contributed by atoms with Crippen molar-refractivity contribution < 1.29 is 27.4 Å². The Balaban J connectivity index is 1.52. The molecular weight excluding hydrogens is 480 g/mol. The smallest absolute Gasteiger partial charge is 0.241 e. The first kappa shape index (κ1) is 23.9. The molecule has 0 saturated carbocycles. The van der Waals surface area contributed by atoms with Gasteiger partial charge < -0.3 is 19.5 Å². The Morgan fingerprint density at radius 3 is 2.53 bits per heavy atom. The highest BCUT2D eigenvalue weighted by molar-refractivity contribution is 7.89. The minimum Gasteiger partial charge on any atom is -0.495 e. The summed E-state index contributed by atoms with van der Waals surface area (Å²) < 4.78 is 44.4.